The van der Waals surface area contributed by atoms with Crippen LogP contribution >= 0.6 is 43.5 Å². The van der Waals surface area contributed by atoms with Gasteiger partial charge in [-0.15, -0.1) is 0 Å². The molecule has 0 spiro atoms. The fourth-order valence-corrected chi connectivity index (χ4v) is 2.81. The molecule has 0 fully saturated rings. The minimum absolute atomic E-state index is 0.104. The first kappa shape index (κ1) is 12.9. The number of halogens is 3. The van der Waals surface area contributed by atoms with Crippen LogP contribution in [0.2, 0.25) is 5.15 Å². The molecule has 0 atom stereocenters. The van der Waals surface area contributed by atoms with Crippen molar-refractivity contribution in [2.45, 2.75) is 6.54 Å². The topological polar surface area (TPSA) is 39.8 Å². The summed E-state index contributed by atoms with van der Waals surface area (Å²) in [5.41, 5.74) is -0.104. The minimum atomic E-state index is -0.104. The third-order valence-corrected chi connectivity index (χ3v) is 3.70. The van der Waals surface area contributed by atoms with Crippen molar-refractivity contribution in [1.82, 2.24) is 14.1 Å². The number of pyridine rings is 1. The maximum atomic E-state index is 11.9. The Morgan fingerprint density at radius 3 is 2.76 bits per heavy atom. The summed E-state index contributed by atoms with van der Waals surface area (Å²) in [6.07, 6.45) is 3.28. The lowest BCUT2D eigenvalue weighted by atomic mass is 10.4. The Bertz CT molecular complexity index is 620. The summed E-state index contributed by atoms with van der Waals surface area (Å²) in [5.74, 6) is 0.724. The lowest BCUT2D eigenvalue weighted by Gasteiger charge is -2.07. The molecule has 90 valence electrons. The minimum Gasteiger partial charge on any atom is -0.321 e. The molecule has 0 saturated heterocycles. The van der Waals surface area contributed by atoms with Crippen molar-refractivity contribution in [2.75, 3.05) is 0 Å². The zero-order valence-corrected chi connectivity index (χ0v) is 12.8. The summed E-state index contributed by atoms with van der Waals surface area (Å²) in [5, 5.41) is 0.544. The molecule has 0 saturated carbocycles. The van der Waals surface area contributed by atoms with E-state index in [0.29, 0.717) is 16.2 Å². The standard InChI is InChI=1S/C10H8Br2ClN3O/c1-15-8(13)3-14-9(15)5-16-4-6(11)2-7(12)10(16)17/h2-4H,5H2,1H3. The number of hydrogen-bond donors (Lipinski definition) is 0. The number of aromatic nitrogens is 3. The Kier molecular flexibility index (Phi) is 3.75. The molecule has 7 heteroatoms. The van der Waals surface area contributed by atoms with Crippen LogP contribution in [0.4, 0.5) is 0 Å². The predicted octanol–water partition coefficient (Wildman–Crippen LogP) is 2.81. The van der Waals surface area contributed by atoms with Gasteiger partial charge in [0.1, 0.15) is 11.0 Å². The fraction of sp³-hybridized carbons (Fsp3) is 0.200. The van der Waals surface area contributed by atoms with Crippen LogP contribution in [0.15, 0.2) is 32.2 Å². The summed E-state index contributed by atoms with van der Waals surface area (Å²) in [6.45, 7) is 0.375. The maximum Gasteiger partial charge on any atom is 0.265 e. The molecule has 0 aliphatic heterocycles. The molecular weight excluding hydrogens is 373 g/mol. The highest BCUT2D eigenvalue weighted by atomic mass is 79.9. The molecule has 2 heterocycles. The third kappa shape index (κ3) is 2.64. The Hall–Kier alpha value is -0.590. The first-order chi connectivity index (χ1) is 7.99. The number of rotatable bonds is 2. The second-order valence-corrected chi connectivity index (χ2v) is 5.65. The molecule has 0 aromatic carbocycles. The molecule has 0 aliphatic carbocycles. The van der Waals surface area contributed by atoms with Crippen molar-refractivity contribution in [2.24, 2.45) is 7.05 Å². The molecule has 0 amide bonds. The second-order valence-electron chi connectivity index (χ2n) is 3.50. The van der Waals surface area contributed by atoms with Crippen LogP contribution in [-0.2, 0) is 13.6 Å². The van der Waals surface area contributed by atoms with E-state index < -0.39 is 0 Å². The largest absolute Gasteiger partial charge is 0.321 e. The molecule has 0 bridgehead atoms. The van der Waals surface area contributed by atoms with E-state index in [-0.39, 0.29) is 5.56 Å². The average Bonchev–Trinajstić information content (AvgIpc) is 2.57. The average molecular weight is 381 g/mol. The summed E-state index contributed by atoms with van der Waals surface area (Å²) in [6, 6.07) is 1.71. The quantitative estimate of drug-likeness (QED) is 0.803. The van der Waals surface area contributed by atoms with Gasteiger partial charge in [0.15, 0.2) is 0 Å². The first-order valence-electron chi connectivity index (χ1n) is 4.70. The summed E-state index contributed by atoms with van der Waals surface area (Å²) >= 11 is 12.5. The van der Waals surface area contributed by atoms with Crippen LogP contribution in [0.3, 0.4) is 0 Å². The van der Waals surface area contributed by atoms with E-state index in [1.807, 2.05) is 7.05 Å². The lowest BCUT2D eigenvalue weighted by molar-refractivity contribution is 0.675. The van der Waals surface area contributed by atoms with Crippen molar-refractivity contribution in [3.8, 4) is 0 Å². The van der Waals surface area contributed by atoms with Gasteiger partial charge < -0.3 is 9.13 Å². The van der Waals surface area contributed by atoms with E-state index >= 15 is 0 Å². The highest BCUT2D eigenvalue weighted by molar-refractivity contribution is 9.11. The van der Waals surface area contributed by atoms with Crippen LogP contribution < -0.4 is 5.56 Å². The van der Waals surface area contributed by atoms with Gasteiger partial charge in [0, 0.05) is 17.7 Å². The summed E-state index contributed by atoms with van der Waals surface area (Å²) in [7, 11) is 1.81. The van der Waals surface area contributed by atoms with Crippen molar-refractivity contribution in [3.63, 3.8) is 0 Å². The zero-order valence-electron chi connectivity index (χ0n) is 8.82. The Balaban J connectivity index is 2.43. The Labute approximate surface area is 119 Å². The molecule has 2 aromatic rings. The van der Waals surface area contributed by atoms with E-state index in [0.717, 1.165) is 10.3 Å². The Morgan fingerprint density at radius 1 is 1.47 bits per heavy atom. The molecule has 0 unspecified atom stereocenters. The SMILES string of the molecule is Cn1c(Cl)cnc1Cn1cc(Br)cc(Br)c1=O. The molecule has 4 nitrogen and oxygen atoms in total. The van der Waals surface area contributed by atoms with E-state index in [1.54, 1.807) is 27.6 Å². The van der Waals surface area contributed by atoms with Crippen LogP contribution in [0.1, 0.15) is 5.82 Å². The first-order valence-corrected chi connectivity index (χ1v) is 6.67. The van der Waals surface area contributed by atoms with E-state index in [2.05, 4.69) is 36.8 Å². The van der Waals surface area contributed by atoms with Gasteiger partial charge in [0.2, 0.25) is 0 Å². The fourth-order valence-electron chi connectivity index (χ4n) is 1.41. The number of hydrogen-bond acceptors (Lipinski definition) is 2. The van der Waals surface area contributed by atoms with Gasteiger partial charge in [0.25, 0.3) is 5.56 Å². The molecule has 0 N–H and O–H groups in total. The molecular formula is C10H8Br2ClN3O. The van der Waals surface area contributed by atoms with Crippen molar-refractivity contribution < 1.29 is 0 Å². The number of nitrogens with zero attached hydrogens (tertiary/aromatic N) is 3. The molecule has 0 radical (unpaired) electrons. The van der Waals surface area contributed by atoms with Crippen LogP contribution in [0.25, 0.3) is 0 Å². The second kappa shape index (κ2) is 4.96. The predicted molar refractivity (Wildman–Crippen MR) is 73.4 cm³/mol. The highest BCUT2D eigenvalue weighted by Crippen LogP contribution is 2.14. The van der Waals surface area contributed by atoms with Gasteiger partial charge in [-0.05, 0) is 37.9 Å². The Morgan fingerprint density at radius 2 is 2.18 bits per heavy atom. The molecule has 17 heavy (non-hydrogen) atoms. The molecule has 2 aromatic heterocycles. The molecule has 0 aliphatic rings. The van der Waals surface area contributed by atoms with Crippen molar-refractivity contribution in [3.05, 3.63) is 48.7 Å². The van der Waals surface area contributed by atoms with Gasteiger partial charge in [0.05, 0.1) is 17.2 Å². The van der Waals surface area contributed by atoms with Crippen LogP contribution in [0, 0.1) is 0 Å². The van der Waals surface area contributed by atoms with Gasteiger partial charge in [-0.3, -0.25) is 4.79 Å². The monoisotopic (exact) mass is 379 g/mol. The zero-order chi connectivity index (χ0) is 12.6. The van der Waals surface area contributed by atoms with Crippen LogP contribution in [0.5, 0.6) is 0 Å². The van der Waals surface area contributed by atoms with Crippen LogP contribution in [-0.4, -0.2) is 14.1 Å². The van der Waals surface area contributed by atoms with E-state index in [4.69, 9.17) is 11.6 Å². The van der Waals surface area contributed by atoms with Gasteiger partial charge >= 0.3 is 0 Å². The summed E-state index contributed by atoms with van der Waals surface area (Å²) < 4.78 is 4.63. The van der Waals surface area contributed by atoms with Crippen molar-refractivity contribution >= 4 is 43.5 Å². The van der Waals surface area contributed by atoms with E-state index in [1.165, 1.54) is 0 Å². The van der Waals surface area contributed by atoms with Gasteiger partial charge in [-0.1, -0.05) is 11.6 Å². The van der Waals surface area contributed by atoms with Gasteiger partial charge in [-0.25, -0.2) is 4.98 Å². The smallest absolute Gasteiger partial charge is 0.265 e. The molecule has 2 rings (SSSR count). The van der Waals surface area contributed by atoms with Crippen molar-refractivity contribution in [1.29, 1.82) is 0 Å². The summed E-state index contributed by atoms with van der Waals surface area (Å²) in [4.78, 5) is 16.0. The third-order valence-electron chi connectivity index (χ3n) is 2.35. The normalized spacial score (nSPS) is 10.8. The van der Waals surface area contributed by atoms with Gasteiger partial charge in [-0.2, -0.15) is 0 Å². The maximum absolute atomic E-state index is 11.9. The highest BCUT2D eigenvalue weighted by Gasteiger charge is 2.08. The van der Waals surface area contributed by atoms with E-state index in [9.17, 15) is 4.79 Å². The lowest BCUT2D eigenvalue weighted by Crippen LogP contribution is -2.22. The number of imidazole rings is 1.